The minimum absolute atomic E-state index is 0.199. The van der Waals surface area contributed by atoms with Gasteiger partial charge in [0.15, 0.2) is 0 Å². The molecule has 0 unspecified atom stereocenters. The molecule has 0 N–H and O–H groups in total. The molecule has 2 aromatic carbocycles. The van der Waals surface area contributed by atoms with Gasteiger partial charge in [-0.2, -0.15) is 0 Å². The van der Waals surface area contributed by atoms with Crippen LogP contribution < -0.4 is 0 Å². The van der Waals surface area contributed by atoms with Crippen molar-refractivity contribution < 1.29 is 13.9 Å². The van der Waals surface area contributed by atoms with Gasteiger partial charge in [0.1, 0.15) is 11.4 Å². The first-order valence-electron chi connectivity index (χ1n) is 8.96. The number of hydrogen-bond acceptors (Lipinski definition) is 2. The van der Waals surface area contributed by atoms with Crippen LogP contribution in [0.3, 0.4) is 0 Å². The first-order valence-corrected chi connectivity index (χ1v) is 8.96. The molecular formula is C21H26FNO2. The van der Waals surface area contributed by atoms with Gasteiger partial charge >= 0.3 is 6.09 Å². The minimum atomic E-state index is -0.446. The molecular weight excluding hydrogens is 317 g/mol. The first-order chi connectivity index (χ1) is 11.8. The molecule has 1 saturated heterocycles. The Morgan fingerprint density at radius 1 is 1.12 bits per heavy atom. The number of amides is 1. The highest BCUT2D eigenvalue weighted by molar-refractivity contribution is 5.83. The number of rotatable bonds is 2. The zero-order valence-electron chi connectivity index (χ0n) is 15.2. The molecule has 1 fully saturated rings. The lowest BCUT2D eigenvalue weighted by Crippen LogP contribution is -2.42. The molecule has 0 atom stereocenters. The Balaban J connectivity index is 1.57. The molecule has 0 aliphatic carbocycles. The molecule has 0 radical (unpaired) electrons. The topological polar surface area (TPSA) is 29.5 Å². The fourth-order valence-electron chi connectivity index (χ4n) is 3.37. The van der Waals surface area contributed by atoms with Gasteiger partial charge in [0.2, 0.25) is 0 Å². The van der Waals surface area contributed by atoms with E-state index >= 15 is 0 Å². The van der Waals surface area contributed by atoms with E-state index in [1.54, 1.807) is 6.07 Å². The summed E-state index contributed by atoms with van der Waals surface area (Å²) in [5.41, 5.74) is 0.827. The standard InChI is InChI=1S/C21H26FNO2/c1-21(2,3)25-20(24)23-10-8-15(9-11-23)12-16-4-5-18-14-19(22)7-6-17(18)13-16/h4-7,13-15H,8-12H2,1-3H3. The second-order valence-electron chi connectivity index (χ2n) is 7.94. The number of benzene rings is 2. The number of ether oxygens (including phenoxy) is 1. The number of hydrogen-bond donors (Lipinski definition) is 0. The summed E-state index contributed by atoms with van der Waals surface area (Å²) in [5.74, 6) is 0.367. The van der Waals surface area contributed by atoms with E-state index in [9.17, 15) is 9.18 Å². The molecule has 0 saturated carbocycles. The number of halogens is 1. The molecule has 134 valence electrons. The van der Waals surface area contributed by atoms with Crippen LogP contribution in [-0.4, -0.2) is 29.7 Å². The van der Waals surface area contributed by atoms with E-state index in [2.05, 4.69) is 12.1 Å². The summed E-state index contributed by atoms with van der Waals surface area (Å²) in [5, 5.41) is 2.01. The van der Waals surface area contributed by atoms with Crippen LogP contribution in [0.1, 0.15) is 39.2 Å². The van der Waals surface area contributed by atoms with Crippen molar-refractivity contribution in [3.8, 4) is 0 Å². The van der Waals surface area contributed by atoms with Crippen molar-refractivity contribution in [1.82, 2.24) is 4.90 Å². The van der Waals surface area contributed by atoms with Crippen molar-refractivity contribution in [3.63, 3.8) is 0 Å². The summed E-state index contributed by atoms with van der Waals surface area (Å²) >= 11 is 0. The predicted molar refractivity (Wildman–Crippen MR) is 98.1 cm³/mol. The highest BCUT2D eigenvalue weighted by Gasteiger charge is 2.26. The quantitative estimate of drug-likeness (QED) is 0.753. The summed E-state index contributed by atoms with van der Waals surface area (Å²) in [6, 6.07) is 11.1. The van der Waals surface area contributed by atoms with E-state index < -0.39 is 5.60 Å². The van der Waals surface area contributed by atoms with Crippen LogP contribution in [0.2, 0.25) is 0 Å². The molecule has 1 aliphatic heterocycles. The average molecular weight is 343 g/mol. The lowest BCUT2D eigenvalue weighted by Gasteiger charge is -2.33. The van der Waals surface area contributed by atoms with Gasteiger partial charge in [-0.1, -0.05) is 24.3 Å². The molecule has 2 aromatic rings. The van der Waals surface area contributed by atoms with Crippen LogP contribution in [-0.2, 0) is 11.2 Å². The maximum absolute atomic E-state index is 13.3. The lowest BCUT2D eigenvalue weighted by atomic mass is 9.89. The predicted octanol–water partition coefficient (Wildman–Crippen LogP) is 5.17. The van der Waals surface area contributed by atoms with Crippen molar-refractivity contribution in [3.05, 3.63) is 47.8 Å². The molecule has 3 rings (SSSR count). The van der Waals surface area contributed by atoms with Crippen LogP contribution >= 0.6 is 0 Å². The Morgan fingerprint density at radius 3 is 2.44 bits per heavy atom. The van der Waals surface area contributed by atoms with Gasteiger partial charge in [0.25, 0.3) is 0 Å². The monoisotopic (exact) mass is 343 g/mol. The number of nitrogens with zero attached hydrogens (tertiary/aromatic N) is 1. The fraction of sp³-hybridized carbons (Fsp3) is 0.476. The van der Waals surface area contributed by atoms with Gasteiger partial charge in [-0.15, -0.1) is 0 Å². The van der Waals surface area contributed by atoms with E-state index in [0.29, 0.717) is 5.92 Å². The second kappa shape index (κ2) is 7.03. The van der Waals surface area contributed by atoms with Crippen molar-refractivity contribution in [2.24, 2.45) is 5.92 Å². The zero-order chi connectivity index (χ0) is 18.0. The molecule has 3 nitrogen and oxygen atoms in total. The van der Waals surface area contributed by atoms with Gasteiger partial charge in [-0.05, 0) is 74.4 Å². The SMILES string of the molecule is CC(C)(C)OC(=O)N1CCC(Cc2ccc3cc(F)ccc3c2)CC1. The third kappa shape index (κ3) is 4.71. The Kier molecular flexibility index (Phi) is 4.98. The number of piperidine rings is 1. The lowest BCUT2D eigenvalue weighted by molar-refractivity contribution is 0.0184. The smallest absolute Gasteiger partial charge is 0.410 e. The van der Waals surface area contributed by atoms with Crippen LogP contribution in [0.4, 0.5) is 9.18 Å². The third-order valence-corrected chi connectivity index (χ3v) is 4.66. The molecule has 0 bridgehead atoms. The Labute approximate surface area is 148 Å². The maximum Gasteiger partial charge on any atom is 0.410 e. The largest absolute Gasteiger partial charge is 0.444 e. The van der Waals surface area contributed by atoms with Crippen molar-refractivity contribution >= 4 is 16.9 Å². The molecule has 25 heavy (non-hydrogen) atoms. The minimum Gasteiger partial charge on any atom is -0.444 e. The molecule has 4 heteroatoms. The number of carbonyl (C=O) groups is 1. The Morgan fingerprint density at radius 2 is 1.76 bits per heavy atom. The summed E-state index contributed by atoms with van der Waals surface area (Å²) < 4.78 is 18.7. The van der Waals surface area contributed by atoms with Gasteiger partial charge in [-0.3, -0.25) is 0 Å². The number of likely N-dealkylation sites (tertiary alicyclic amines) is 1. The zero-order valence-corrected chi connectivity index (χ0v) is 15.2. The Hall–Kier alpha value is -2.10. The first kappa shape index (κ1) is 17.7. The summed E-state index contributed by atoms with van der Waals surface area (Å²) in [7, 11) is 0. The summed E-state index contributed by atoms with van der Waals surface area (Å²) in [6.45, 7) is 7.17. The summed E-state index contributed by atoms with van der Waals surface area (Å²) in [6.07, 6.45) is 2.76. The number of carbonyl (C=O) groups excluding carboxylic acids is 1. The normalized spacial score (nSPS) is 16.2. The van der Waals surface area contributed by atoms with E-state index in [-0.39, 0.29) is 11.9 Å². The maximum atomic E-state index is 13.3. The Bertz CT molecular complexity index is 758. The van der Waals surface area contributed by atoms with Gasteiger partial charge in [0.05, 0.1) is 0 Å². The summed E-state index contributed by atoms with van der Waals surface area (Å²) in [4.78, 5) is 13.9. The fourth-order valence-corrected chi connectivity index (χ4v) is 3.37. The van der Waals surface area contributed by atoms with Crippen LogP contribution in [0.5, 0.6) is 0 Å². The van der Waals surface area contributed by atoms with E-state index in [1.807, 2.05) is 37.8 Å². The van der Waals surface area contributed by atoms with Crippen LogP contribution in [0, 0.1) is 11.7 Å². The second-order valence-corrected chi connectivity index (χ2v) is 7.94. The molecule has 0 spiro atoms. The average Bonchev–Trinajstić information content (AvgIpc) is 2.54. The third-order valence-electron chi connectivity index (χ3n) is 4.66. The number of fused-ring (bicyclic) bond motifs is 1. The highest BCUT2D eigenvalue weighted by Crippen LogP contribution is 2.25. The van der Waals surface area contributed by atoms with Crippen molar-refractivity contribution in [1.29, 1.82) is 0 Å². The van der Waals surface area contributed by atoms with E-state index in [1.165, 1.54) is 11.6 Å². The van der Waals surface area contributed by atoms with Crippen molar-refractivity contribution in [2.45, 2.75) is 45.6 Å². The molecule has 1 heterocycles. The van der Waals surface area contributed by atoms with Crippen LogP contribution in [0.25, 0.3) is 10.8 Å². The highest BCUT2D eigenvalue weighted by atomic mass is 19.1. The van der Waals surface area contributed by atoms with E-state index in [0.717, 1.165) is 43.1 Å². The van der Waals surface area contributed by atoms with Gasteiger partial charge in [-0.25, -0.2) is 9.18 Å². The van der Waals surface area contributed by atoms with Gasteiger partial charge < -0.3 is 9.64 Å². The molecule has 0 aromatic heterocycles. The van der Waals surface area contributed by atoms with E-state index in [4.69, 9.17) is 4.74 Å². The van der Waals surface area contributed by atoms with Crippen molar-refractivity contribution in [2.75, 3.05) is 13.1 Å². The van der Waals surface area contributed by atoms with Crippen LogP contribution in [0.15, 0.2) is 36.4 Å². The molecule has 1 aliphatic rings. The molecule has 1 amide bonds. The van der Waals surface area contributed by atoms with Gasteiger partial charge in [0, 0.05) is 13.1 Å².